The molecule has 5 heteroatoms. The molecule has 2 rings (SSSR count). The van der Waals surface area contributed by atoms with E-state index in [0.717, 1.165) is 5.52 Å². The lowest BCUT2D eigenvalue weighted by atomic mass is 10.3. The van der Waals surface area contributed by atoms with Crippen molar-refractivity contribution < 1.29 is 9.50 Å². The quantitative estimate of drug-likeness (QED) is 0.821. The summed E-state index contributed by atoms with van der Waals surface area (Å²) in [6.07, 6.45) is 1.14. The first-order chi connectivity index (χ1) is 8.26. The Morgan fingerprint density at radius 3 is 3.00 bits per heavy atom. The third-order valence-corrected chi connectivity index (χ3v) is 2.60. The van der Waals surface area contributed by atoms with Crippen molar-refractivity contribution in [1.29, 1.82) is 5.26 Å². The van der Waals surface area contributed by atoms with Crippen LogP contribution in [0.3, 0.4) is 0 Å². The van der Waals surface area contributed by atoms with Gasteiger partial charge in [-0.2, -0.15) is 5.26 Å². The smallest absolute Gasteiger partial charge is 0.135 e. The predicted octanol–water partition coefficient (Wildman–Crippen LogP) is 1.97. The fourth-order valence-electron chi connectivity index (χ4n) is 1.84. The van der Waals surface area contributed by atoms with Crippen LogP contribution >= 0.6 is 0 Å². The van der Waals surface area contributed by atoms with Crippen LogP contribution in [0.2, 0.25) is 0 Å². The van der Waals surface area contributed by atoms with Gasteiger partial charge in [0.15, 0.2) is 0 Å². The average Bonchev–Trinajstić information content (AvgIpc) is 2.67. The van der Waals surface area contributed by atoms with Gasteiger partial charge in [0.25, 0.3) is 0 Å². The lowest BCUT2D eigenvalue weighted by Crippen LogP contribution is -2.03. The molecule has 0 radical (unpaired) electrons. The van der Waals surface area contributed by atoms with Crippen molar-refractivity contribution >= 4 is 11.0 Å². The summed E-state index contributed by atoms with van der Waals surface area (Å²) in [6.45, 7) is 0.411. The van der Waals surface area contributed by atoms with Crippen LogP contribution in [0.25, 0.3) is 11.0 Å². The highest BCUT2D eigenvalue weighted by Crippen LogP contribution is 2.18. The maximum atomic E-state index is 13.0. The highest BCUT2D eigenvalue weighted by Gasteiger charge is 2.10. The molecule has 0 aliphatic heterocycles. The number of fused-ring (bicyclic) bond motifs is 1. The van der Waals surface area contributed by atoms with E-state index in [0.29, 0.717) is 30.7 Å². The maximum Gasteiger partial charge on any atom is 0.135 e. The molecular formula is C12H12FN3O. The molecule has 0 atom stereocenters. The van der Waals surface area contributed by atoms with Gasteiger partial charge in [0, 0.05) is 19.0 Å². The molecule has 2 aromatic rings. The summed E-state index contributed by atoms with van der Waals surface area (Å²) < 4.78 is 14.9. The van der Waals surface area contributed by atoms with Gasteiger partial charge < -0.3 is 9.67 Å². The third-order valence-electron chi connectivity index (χ3n) is 2.60. The minimum absolute atomic E-state index is 0.192. The molecule has 88 valence electrons. The molecule has 0 amide bonds. The van der Waals surface area contributed by atoms with E-state index in [1.165, 1.54) is 12.1 Å². The molecule has 0 unspecified atom stereocenters. The maximum absolute atomic E-state index is 13.0. The van der Waals surface area contributed by atoms with Crippen molar-refractivity contribution in [2.75, 3.05) is 0 Å². The second kappa shape index (κ2) is 4.93. The molecule has 1 N–H and O–H groups in total. The zero-order valence-corrected chi connectivity index (χ0v) is 9.23. The van der Waals surface area contributed by atoms with Crippen LogP contribution in [0.1, 0.15) is 18.7 Å². The highest BCUT2D eigenvalue weighted by molar-refractivity contribution is 5.76. The fourth-order valence-corrected chi connectivity index (χ4v) is 1.84. The van der Waals surface area contributed by atoms with E-state index in [9.17, 15) is 9.50 Å². The van der Waals surface area contributed by atoms with E-state index in [1.54, 1.807) is 6.07 Å². The number of halogens is 1. The SMILES string of the molecule is N#CCCCn1c(CO)nc2cc(F)ccc21. The Bertz CT molecular complexity index is 571. The van der Waals surface area contributed by atoms with Crippen molar-refractivity contribution in [3.63, 3.8) is 0 Å². The molecule has 1 heterocycles. The number of aliphatic hydroxyl groups is 1. The van der Waals surface area contributed by atoms with Crippen LogP contribution in [0.4, 0.5) is 4.39 Å². The number of aryl methyl sites for hydroxylation is 1. The Morgan fingerprint density at radius 1 is 1.47 bits per heavy atom. The summed E-state index contributed by atoms with van der Waals surface area (Å²) in [5, 5.41) is 17.7. The lowest BCUT2D eigenvalue weighted by molar-refractivity contribution is 0.265. The molecule has 1 aromatic carbocycles. The first-order valence-electron chi connectivity index (χ1n) is 5.38. The van der Waals surface area contributed by atoms with E-state index >= 15 is 0 Å². The van der Waals surface area contributed by atoms with Gasteiger partial charge in [-0.25, -0.2) is 9.37 Å². The topological polar surface area (TPSA) is 61.8 Å². The van der Waals surface area contributed by atoms with Crippen LogP contribution < -0.4 is 0 Å². The van der Waals surface area contributed by atoms with Gasteiger partial charge in [0.2, 0.25) is 0 Å². The lowest BCUT2D eigenvalue weighted by Gasteiger charge is -2.05. The second-order valence-electron chi connectivity index (χ2n) is 3.73. The molecule has 0 saturated heterocycles. The van der Waals surface area contributed by atoms with Crippen molar-refractivity contribution in [2.45, 2.75) is 26.0 Å². The fraction of sp³-hybridized carbons (Fsp3) is 0.333. The molecule has 0 aliphatic rings. The highest BCUT2D eigenvalue weighted by atomic mass is 19.1. The monoisotopic (exact) mass is 233 g/mol. The number of nitrogens with zero attached hydrogens (tertiary/aromatic N) is 3. The minimum Gasteiger partial charge on any atom is -0.388 e. The summed E-state index contributed by atoms with van der Waals surface area (Å²) in [7, 11) is 0. The summed E-state index contributed by atoms with van der Waals surface area (Å²) in [5.41, 5.74) is 1.32. The number of aromatic nitrogens is 2. The van der Waals surface area contributed by atoms with Gasteiger partial charge in [-0.05, 0) is 18.6 Å². The molecule has 0 spiro atoms. The molecular weight excluding hydrogens is 221 g/mol. The van der Waals surface area contributed by atoms with Crippen LogP contribution in [0.15, 0.2) is 18.2 Å². The number of rotatable bonds is 4. The predicted molar refractivity (Wildman–Crippen MR) is 60.5 cm³/mol. The molecule has 0 bridgehead atoms. The Kier molecular flexibility index (Phi) is 3.35. The van der Waals surface area contributed by atoms with Gasteiger partial charge in [0.1, 0.15) is 18.2 Å². The number of imidazole rings is 1. The van der Waals surface area contributed by atoms with Crippen molar-refractivity contribution in [2.24, 2.45) is 0 Å². The normalized spacial score (nSPS) is 10.6. The van der Waals surface area contributed by atoms with Gasteiger partial charge in [-0.15, -0.1) is 0 Å². The van der Waals surface area contributed by atoms with Crippen LogP contribution in [0, 0.1) is 17.1 Å². The number of unbranched alkanes of at least 4 members (excludes halogenated alkanes) is 1. The van der Waals surface area contributed by atoms with E-state index < -0.39 is 0 Å². The number of hydrogen-bond donors (Lipinski definition) is 1. The third kappa shape index (κ3) is 2.27. The van der Waals surface area contributed by atoms with E-state index in [-0.39, 0.29) is 12.4 Å². The number of benzene rings is 1. The molecule has 17 heavy (non-hydrogen) atoms. The molecule has 4 nitrogen and oxygen atoms in total. The second-order valence-corrected chi connectivity index (χ2v) is 3.73. The standard InChI is InChI=1S/C12H12FN3O/c13-9-3-4-11-10(7-9)15-12(8-17)16(11)6-2-1-5-14/h3-4,7,17H,1-2,6,8H2. The average molecular weight is 233 g/mol. The van der Waals surface area contributed by atoms with Crippen LogP contribution in [-0.2, 0) is 13.2 Å². The first kappa shape index (κ1) is 11.6. The minimum atomic E-state index is -0.344. The van der Waals surface area contributed by atoms with E-state index in [2.05, 4.69) is 11.1 Å². The van der Waals surface area contributed by atoms with Gasteiger partial charge >= 0.3 is 0 Å². The summed E-state index contributed by atoms with van der Waals surface area (Å²) in [6, 6.07) is 6.42. The Labute approximate surface area is 97.9 Å². The van der Waals surface area contributed by atoms with Gasteiger partial charge in [-0.3, -0.25) is 0 Å². The van der Waals surface area contributed by atoms with Crippen molar-refractivity contribution in [1.82, 2.24) is 9.55 Å². The van der Waals surface area contributed by atoms with E-state index in [4.69, 9.17) is 5.26 Å². The van der Waals surface area contributed by atoms with Crippen molar-refractivity contribution in [3.05, 3.63) is 29.8 Å². The molecule has 0 aliphatic carbocycles. The summed E-state index contributed by atoms with van der Waals surface area (Å²) in [4.78, 5) is 4.16. The summed E-state index contributed by atoms with van der Waals surface area (Å²) in [5.74, 6) is 0.159. The van der Waals surface area contributed by atoms with Gasteiger partial charge in [0.05, 0.1) is 17.1 Å². The molecule has 1 aromatic heterocycles. The van der Waals surface area contributed by atoms with Gasteiger partial charge in [-0.1, -0.05) is 0 Å². The summed E-state index contributed by atoms with van der Waals surface area (Å²) >= 11 is 0. The Balaban J connectivity index is 2.40. The largest absolute Gasteiger partial charge is 0.388 e. The number of aliphatic hydroxyl groups excluding tert-OH is 1. The van der Waals surface area contributed by atoms with E-state index in [1.807, 2.05) is 4.57 Å². The van der Waals surface area contributed by atoms with Crippen LogP contribution in [0.5, 0.6) is 0 Å². The zero-order chi connectivity index (χ0) is 12.3. The Hall–Kier alpha value is -1.93. The number of nitriles is 1. The van der Waals surface area contributed by atoms with Crippen molar-refractivity contribution in [3.8, 4) is 6.07 Å². The molecule has 0 fully saturated rings. The Morgan fingerprint density at radius 2 is 2.29 bits per heavy atom. The number of hydrogen-bond acceptors (Lipinski definition) is 3. The first-order valence-corrected chi connectivity index (χ1v) is 5.38. The zero-order valence-electron chi connectivity index (χ0n) is 9.23. The van der Waals surface area contributed by atoms with Crippen LogP contribution in [-0.4, -0.2) is 14.7 Å². The molecule has 0 saturated carbocycles.